The molecule has 0 saturated carbocycles. The Morgan fingerprint density at radius 1 is 0.638 bits per heavy atom. The number of likely N-dealkylation sites (N-methyl/N-ethyl adjacent to an activating group) is 1. The first-order valence-corrected chi connectivity index (χ1v) is 18.9. The van der Waals surface area contributed by atoms with Gasteiger partial charge in [0, 0.05) is 19.3 Å². The normalized spacial score (nSPS) is 13.3. The largest absolute Gasteiger partial charge is 0.477 e. The van der Waals surface area contributed by atoms with Gasteiger partial charge in [-0.15, -0.1) is 0 Å². The number of aliphatic carboxylic acids is 1. The lowest BCUT2D eigenvalue weighted by molar-refractivity contribution is -0.887. The molecule has 0 aromatic heterocycles. The number of quaternary nitrogens is 1. The summed E-state index contributed by atoms with van der Waals surface area (Å²) in [7, 11) is 5.50. The third-order valence-electron chi connectivity index (χ3n) is 8.38. The quantitative estimate of drug-likeness (QED) is 0.0322. The second kappa shape index (κ2) is 31.1. The van der Waals surface area contributed by atoms with Crippen LogP contribution in [-0.4, -0.2) is 80.6 Å². The van der Waals surface area contributed by atoms with Crippen LogP contribution in [0, 0.1) is 0 Å². The van der Waals surface area contributed by atoms with Crippen molar-refractivity contribution in [1.82, 2.24) is 0 Å². The maximum Gasteiger partial charge on any atom is 0.362 e. The van der Waals surface area contributed by atoms with Crippen molar-refractivity contribution in [2.24, 2.45) is 0 Å². The van der Waals surface area contributed by atoms with E-state index in [1.54, 1.807) is 0 Å². The third-order valence-corrected chi connectivity index (χ3v) is 8.38. The Morgan fingerprint density at radius 3 is 1.62 bits per heavy atom. The van der Waals surface area contributed by atoms with E-state index in [9.17, 15) is 19.5 Å². The summed E-state index contributed by atoms with van der Waals surface area (Å²) in [4.78, 5) is 36.6. The van der Waals surface area contributed by atoms with Gasteiger partial charge in [0.2, 0.25) is 0 Å². The molecular weight excluding hydrogens is 594 g/mol. The second-order valence-electron chi connectivity index (χ2n) is 13.9. The first-order valence-electron chi connectivity index (χ1n) is 18.9. The molecule has 0 heterocycles. The molecule has 0 fully saturated rings. The van der Waals surface area contributed by atoms with Crippen molar-refractivity contribution in [1.29, 1.82) is 0 Å². The van der Waals surface area contributed by atoms with Crippen LogP contribution in [0.2, 0.25) is 0 Å². The van der Waals surface area contributed by atoms with Gasteiger partial charge in [-0.25, -0.2) is 4.79 Å². The van der Waals surface area contributed by atoms with E-state index in [-0.39, 0.29) is 36.2 Å². The van der Waals surface area contributed by atoms with Crippen molar-refractivity contribution >= 4 is 17.9 Å². The molecule has 8 nitrogen and oxygen atoms in total. The van der Waals surface area contributed by atoms with Gasteiger partial charge in [-0.05, 0) is 38.5 Å². The summed E-state index contributed by atoms with van der Waals surface area (Å²) in [6.07, 6.45) is 30.9. The fourth-order valence-electron chi connectivity index (χ4n) is 5.37. The first kappa shape index (κ1) is 44.8. The van der Waals surface area contributed by atoms with Crippen molar-refractivity contribution in [3.63, 3.8) is 0 Å². The average molecular weight is 667 g/mol. The number of hydrogen-bond acceptors (Lipinski definition) is 6. The van der Waals surface area contributed by atoms with Crippen molar-refractivity contribution in [2.75, 3.05) is 41.0 Å². The lowest BCUT2D eigenvalue weighted by Crippen LogP contribution is -2.50. The molecule has 0 radical (unpaired) electrons. The summed E-state index contributed by atoms with van der Waals surface area (Å²) in [6, 6.07) is -0.614. The second-order valence-corrected chi connectivity index (χ2v) is 13.9. The molecule has 8 heteroatoms. The van der Waals surface area contributed by atoms with Crippen LogP contribution in [0.3, 0.4) is 0 Å². The van der Waals surface area contributed by atoms with Gasteiger partial charge in [0.05, 0.1) is 34.4 Å². The minimum atomic E-state index is -0.880. The number of esters is 2. The van der Waals surface area contributed by atoms with E-state index < -0.39 is 18.1 Å². The molecule has 0 amide bonds. The van der Waals surface area contributed by atoms with Crippen LogP contribution in [0.5, 0.6) is 0 Å². The number of allylic oxidation sites excluding steroid dienone is 4. The summed E-state index contributed by atoms with van der Waals surface area (Å²) >= 11 is 0. The molecule has 0 spiro atoms. The zero-order valence-electron chi connectivity index (χ0n) is 31.0. The highest BCUT2D eigenvalue weighted by atomic mass is 16.6. The minimum absolute atomic E-state index is 0.0528. The number of hydrogen-bond donors (Lipinski definition) is 1. The molecular formula is C39H72NO7+. The minimum Gasteiger partial charge on any atom is -0.477 e. The van der Waals surface area contributed by atoms with Crippen molar-refractivity contribution in [3.8, 4) is 0 Å². The van der Waals surface area contributed by atoms with Crippen LogP contribution in [0.15, 0.2) is 24.3 Å². The number of rotatable bonds is 33. The first-order chi connectivity index (χ1) is 22.6. The van der Waals surface area contributed by atoms with E-state index in [4.69, 9.17) is 14.2 Å². The van der Waals surface area contributed by atoms with Gasteiger partial charge in [0.15, 0.2) is 12.1 Å². The van der Waals surface area contributed by atoms with Crippen LogP contribution in [0.1, 0.15) is 155 Å². The Balaban J connectivity index is 4.43. The van der Waals surface area contributed by atoms with Crippen LogP contribution < -0.4 is 0 Å². The zero-order valence-corrected chi connectivity index (χ0v) is 31.0. The van der Waals surface area contributed by atoms with Crippen molar-refractivity contribution in [2.45, 2.75) is 167 Å². The number of nitrogens with zero attached hydrogens (tertiary/aromatic N) is 1. The highest BCUT2D eigenvalue weighted by Crippen LogP contribution is 2.12. The highest BCUT2D eigenvalue weighted by molar-refractivity contribution is 5.72. The summed E-state index contributed by atoms with van der Waals surface area (Å²) in [5.41, 5.74) is 0. The molecule has 274 valence electrons. The zero-order chi connectivity index (χ0) is 35.0. The van der Waals surface area contributed by atoms with Crippen molar-refractivity contribution < 1.29 is 38.2 Å². The summed E-state index contributed by atoms with van der Waals surface area (Å²) in [5.74, 6) is -1.51. The number of ether oxygens (including phenoxy) is 3. The van der Waals surface area contributed by atoms with Crippen LogP contribution >= 0.6 is 0 Å². The molecule has 0 rings (SSSR count). The molecule has 0 aliphatic rings. The van der Waals surface area contributed by atoms with Gasteiger partial charge >= 0.3 is 17.9 Å². The lowest BCUT2D eigenvalue weighted by Gasteiger charge is -2.31. The van der Waals surface area contributed by atoms with Crippen LogP contribution in [0.4, 0.5) is 0 Å². The predicted octanol–water partition coefficient (Wildman–Crippen LogP) is 9.35. The molecule has 1 N–H and O–H groups in total. The molecule has 0 bridgehead atoms. The van der Waals surface area contributed by atoms with Gasteiger partial charge < -0.3 is 23.8 Å². The smallest absolute Gasteiger partial charge is 0.362 e. The van der Waals surface area contributed by atoms with E-state index in [1.807, 2.05) is 21.1 Å². The van der Waals surface area contributed by atoms with E-state index in [2.05, 4.69) is 38.2 Å². The monoisotopic (exact) mass is 667 g/mol. The molecule has 47 heavy (non-hydrogen) atoms. The van der Waals surface area contributed by atoms with Gasteiger partial charge in [-0.1, -0.05) is 122 Å². The predicted molar refractivity (Wildman–Crippen MR) is 192 cm³/mol. The standard InChI is InChI=1S/C39H71NO7/c1-6-8-10-12-14-15-16-17-18-19-20-21-22-24-26-28-30-38(42)47-35(33-45-32-31-36(39(43)44)40(3,4)5)34-46-37(41)29-27-25-23-13-11-9-7-2/h18-21,35-36H,6-17,22-34H2,1-5H3/p+1/b19-18+,21-20+. The fraction of sp³-hybridized carbons (Fsp3) is 0.821. The molecule has 2 unspecified atom stereocenters. The van der Waals surface area contributed by atoms with Gasteiger partial charge in [-0.3, -0.25) is 9.59 Å². The Bertz CT molecular complexity index is 834. The topological polar surface area (TPSA) is 99.1 Å². The van der Waals surface area contributed by atoms with Crippen LogP contribution in [-0.2, 0) is 28.6 Å². The van der Waals surface area contributed by atoms with Gasteiger partial charge in [0.25, 0.3) is 0 Å². The van der Waals surface area contributed by atoms with E-state index in [0.717, 1.165) is 51.4 Å². The maximum atomic E-state index is 12.6. The maximum absolute atomic E-state index is 12.6. The summed E-state index contributed by atoms with van der Waals surface area (Å²) in [6.45, 7) is 4.64. The number of carbonyl (C=O) groups excluding carboxylic acids is 2. The molecule has 0 aliphatic heterocycles. The summed E-state index contributed by atoms with van der Waals surface area (Å²) in [5, 5.41) is 9.56. The Hall–Kier alpha value is -2.19. The molecule has 2 atom stereocenters. The van der Waals surface area contributed by atoms with E-state index >= 15 is 0 Å². The average Bonchev–Trinajstić information content (AvgIpc) is 3.01. The van der Waals surface area contributed by atoms with E-state index in [0.29, 0.717) is 19.3 Å². The molecule has 0 aromatic rings. The Kier molecular flexibility index (Phi) is 29.7. The van der Waals surface area contributed by atoms with Gasteiger partial charge in [0.1, 0.15) is 6.61 Å². The Labute approximate surface area is 288 Å². The molecule has 0 aromatic carbocycles. The number of carbonyl (C=O) groups is 3. The number of carboxylic acids is 1. The number of carboxylic acid groups (broad SMARTS) is 1. The lowest BCUT2D eigenvalue weighted by atomic mass is 10.1. The third kappa shape index (κ3) is 29.7. The van der Waals surface area contributed by atoms with Crippen molar-refractivity contribution in [3.05, 3.63) is 24.3 Å². The van der Waals surface area contributed by atoms with E-state index in [1.165, 1.54) is 70.6 Å². The molecule has 0 saturated heterocycles. The fourth-order valence-corrected chi connectivity index (χ4v) is 5.37. The summed E-state index contributed by atoms with van der Waals surface area (Å²) < 4.78 is 17.1. The van der Waals surface area contributed by atoms with Gasteiger partial charge in [-0.2, -0.15) is 0 Å². The SMILES string of the molecule is CCCCCCCCC/C=C/C=C/CCCCCC(=O)OC(COCCC(C(=O)O)[N+](C)(C)C)COC(=O)CCCCCCCCC. The highest BCUT2D eigenvalue weighted by Gasteiger charge is 2.31. The Morgan fingerprint density at radius 2 is 1.11 bits per heavy atom. The van der Waals surface area contributed by atoms with Crippen LogP contribution in [0.25, 0.3) is 0 Å². The number of unbranched alkanes of at least 4 members (excludes halogenated alkanes) is 16. The molecule has 0 aliphatic carbocycles.